The van der Waals surface area contributed by atoms with Crippen LogP contribution in [0.5, 0.6) is 0 Å². The summed E-state index contributed by atoms with van der Waals surface area (Å²) < 4.78 is 38.7. The summed E-state index contributed by atoms with van der Waals surface area (Å²) in [5.41, 5.74) is 1.02. The number of anilines is 1. The van der Waals surface area contributed by atoms with E-state index in [4.69, 9.17) is 0 Å². The van der Waals surface area contributed by atoms with Gasteiger partial charge in [-0.2, -0.15) is 0 Å². The van der Waals surface area contributed by atoms with Crippen molar-refractivity contribution in [2.75, 3.05) is 19.4 Å². The fourth-order valence-corrected chi connectivity index (χ4v) is 2.81. The molecule has 1 amide bonds. The number of hydrogen-bond acceptors (Lipinski definition) is 6. The van der Waals surface area contributed by atoms with Crippen LogP contribution in [-0.2, 0) is 10.0 Å². The highest BCUT2D eigenvalue weighted by Gasteiger charge is 2.21. The molecular weight excluding hydrogens is 319 g/mol. The molecule has 7 nitrogen and oxygen atoms in total. The van der Waals surface area contributed by atoms with Gasteiger partial charge in [-0.05, 0) is 18.2 Å². The summed E-state index contributed by atoms with van der Waals surface area (Å²) in [6, 6.07) is 3.03. The number of carbonyl (C=O) groups excluding carboxylic acids is 1. The third kappa shape index (κ3) is 3.23. The first-order valence-corrected chi connectivity index (χ1v) is 7.94. The minimum Gasteiger partial charge on any atom is -0.296 e. The van der Waals surface area contributed by atoms with E-state index >= 15 is 0 Å². The van der Waals surface area contributed by atoms with E-state index < -0.39 is 21.7 Å². The summed E-state index contributed by atoms with van der Waals surface area (Å²) in [4.78, 5) is 11.8. The monoisotopic (exact) mass is 330 g/mol. The summed E-state index contributed by atoms with van der Waals surface area (Å²) in [7, 11) is -1.06. The third-order valence-electron chi connectivity index (χ3n) is 2.54. The zero-order valence-corrected chi connectivity index (χ0v) is 12.7. The highest BCUT2D eigenvalue weighted by Crippen LogP contribution is 2.19. The first-order chi connectivity index (χ1) is 9.82. The molecule has 0 spiro atoms. The molecule has 1 heterocycles. The van der Waals surface area contributed by atoms with Crippen LogP contribution < -0.4 is 5.32 Å². The Morgan fingerprint density at radius 3 is 2.67 bits per heavy atom. The average Bonchev–Trinajstić information content (AvgIpc) is 2.91. The summed E-state index contributed by atoms with van der Waals surface area (Å²) in [5.74, 6) is -1.62. The number of carbonyl (C=O) groups is 1. The van der Waals surface area contributed by atoms with Gasteiger partial charge in [0.25, 0.3) is 5.91 Å². The zero-order valence-electron chi connectivity index (χ0n) is 11.1. The van der Waals surface area contributed by atoms with E-state index in [0.717, 1.165) is 33.8 Å². The van der Waals surface area contributed by atoms with Crippen molar-refractivity contribution >= 4 is 32.4 Å². The molecule has 1 aromatic carbocycles. The number of halogens is 1. The molecule has 0 atom stereocenters. The fraction of sp³-hybridized carbons (Fsp3) is 0.182. The molecule has 0 bridgehead atoms. The van der Waals surface area contributed by atoms with Gasteiger partial charge < -0.3 is 0 Å². The Bertz CT molecular complexity index is 760. The minimum absolute atomic E-state index is 0.170. The number of nitrogens with zero attached hydrogens (tertiary/aromatic N) is 3. The molecule has 21 heavy (non-hydrogen) atoms. The highest BCUT2D eigenvalue weighted by atomic mass is 32.2. The number of rotatable bonds is 4. The van der Waals surface area contributed by atoms with Gasteiger partial charge in [0.2, 0.25) is 15.2 Å². The maximum absolute atomic E-state index is 13.7. The molecule has 0 aliphatic rings. The predicted octanol–water partition coefficient (Wildman–Crippen LogP) is 1.18. The van der Waals surface area contributed by atoms with Crippen molar-refractivity contribution in [2.24, 2.45) is 0 Å². The van der Waals surface area contributed by atoms with E-state index in [9.17, 15) is 17.6 Å². The van der Waals surface area contributed by atoms with Crippen LogP contribution in [0.25, 0.3) is 0 Å². The topological polar surface area (TPSA) is 92.3 Å². The van der Waals surface area contributed by atoms with Crippen molar-refractivity contribution in [1.82, 2.24) is 14.5 Å². The number of sulfonamides is 1. The van der Waals surface area contributed by atoms with E-state index in [1.165, 1.54) is 19.6 Å². The van der Waals surface area contributed by atoms with Crippen LogP contribution in [-0.4, -0.2) is 42.9 Å². The summed E-state index contributed by atoms with van der Waals surface area (Å²) in [6.45, 7) is 0. The van der Waals surface area contributed by atoms with Gasteiger partial charge in [-0.1, -0.05) is 11.3 Å². The van der Waals surface area contributed by atoms with Gasteiger partial charge in [-0.25, -0.2) is 17.1 Å². The number of amides is 1. The molecule has 10 heteroatoms. The molecule has 2 rings (SSSR count). The molecule has 0 aliphatic heterocycles. The van der Waals surface area contributed by atoms with E-state index in [1.54, 1.807) is 0 Å². The third-order valence-corrected chi connectivity index (χ3v) is 4.96. The van der Waals surface area contributed by atoms with Crippen molar-refractivity contribution < 1.29 is 17.6 Å². The van der Waals surface area contributed by atoms with Crippen molar-refractivity contribution in [3.8, 4) is 0 Å². The lowest BCUT2D eigenvalue weighted by molar-refractivity contribution is 0.102. The second kappa shape index (κ2) is 5.84. The van der Waals surface area contributed by atoms with E-state index in [-0.39, 0.29) is 15.6 Å². The Balaban J connectivity index is 2.38. The number of aromatic nitrogens is 2. The lowest BCUT2D eigenvalue weighted by atomic mass is 10.2. The smallest absolute Gasteiger partial charge is 0.260 e. The number of benzene rings is 1. The molecule has 0 saturated carbocycles. The molecule has 1 aromatic heterocycles. The average molecular weight is 330 g/mol. The van der Waals surface area contributed by atoms with E-state index in [1.807, 2.05) is 0 Å². The van der Waals surface area contributed by atoms with Crippen LogP contribution in [0.2, 0.25) is 0 Å². The van der Waals surface area contributed by atoms with Crippen molar-refractivity contribution in [1.29, 1.82) is 0 Å². The van der Waals surface area contributed by atoms with Crippen molar-refractivity contribution in [3.63, 3.8) is 0 Å². The Morgan fingerprint density at radius 2 is 2.10 bits per heavy atom. The normalized spacial score (nSPS) is 11.6. The SMILES string of the molecule is CN(C)S(=O)(=O)c1ccc(F)c(C(=O)Nc2nncs2)c1. The lowest BCUT2D eigenvalue weighted by Gasteiger charge is -2.12. The Kier molecular flexibility index (Phi) is 4.30. The molecule has 0 unspecified atom stereocenters. The van der Waals surface area contributed by atoms with Crippen LogP contribution in [0.15, 0.2) is 28.6 Å². The van der Waals surface area contributed by atoms with Crippen molar-refractivity contribution in [3.05, 3.63) is 35.1 Å². The number of hydrogen-bond donors (Lipinski definition) is 1. The Morgan fingerprint density at radius 1 is 1.38 bits per heavy atom. The first-order valence-electron chi connectivity index (χ1n) is 5.62. The van der Waals surface area contributed by atoms with Gasteiger partial charge in [-0.3, -0.25) is 10.1 Å². The molecule has 0 aliphatic carbocycles. The zero-order chi connectivity index (χ0) is 15.6. The first kappa shape index (κ1) is 15.5. The van der Waals surface area contributed by atoms with Crippen LogP contribution in [0, 0.1) is 5.82 Å². The molecule has 1 N–H and O–H groups in total. The summed E-state index contributed by atoms with van der Waals surface area (Å²) in [6.07, 6.45) is 0. The Labute approximate surface area is 124 Å². The van der Waals surface area contributed by atoms with Gasteiger partial charge in [0.05, 0.1) is 10.5 Å². The van der Waals surface area contributed by atoms with Crippen molar-refractivity contribution in [2.45, 2.75) is 4.90 Å². The molecule has 2 aromatic rings. The van der Waals surface area contributed by atoms with Crippen LogP contribution in [0.4, 0.5) is 9.52 Å². The van der Waals surface area contributed by atoms with Crippen LogP contribution in [0.3, 0.4) is 0 Å². The molecule has 0 radical (unpaired) electrons. The van der Waals surface area contributed by atoms with Crippen LogP contribution in [0.1, 0.15) is 10.4 Å². The highest BCUT2D eigenvalue weighted by molar-refractivity contribution is 7.89. The molecular formula is C11H11FN4O3S2. The van der Waals surface area contributed by atoms with E-state index in [2.05, 4.69) is 15.5 Å². The molecule has 0 fully saturated rings. The largest absolute Gasteiger partial charge is 0.296 e. The van der Waals surface area contributed by atoms with Gasteiger partial charge in [0.15, 0.2) is 0 Å². The minimum atomic E-state index is -3.75. The second-order valence-electron chi connectivity index (χ2n) is 4.13. The second-order valence-corrected chi connectivity index (χ2v) is 7.11. The van der Waals surface area contributed by atoms with Gasteiger partial charge >= 0.3 is 0 Å². The van der Waals surface area contributed by atoms with E-state index in [0.29, 0.717) is 0 Å². The summed E-state index contributed by atoms with van der Waals surface area (Å²) >= 11 is 1.06. The maximum Gasteiger partial charge on any atom is 0.260 e. The van der Waals surface area contributed by atoms with Gasteiger partial charge in [-0.15, -0.1) is 10.2 Å². The van der Waals surface area contributed by atoms with Gasteiger partial charge in [0.1, 0.15) is 11.3 Å². The molecule has 112 valence electrons. The summed E-state index contributed by atoms with van der Waals surface area (Å²) in [5, 5.41) is 9.67. The molecule has 0 saturated heterocycles. The standard InChI is InChI=1S/C11H11FN4O3S2/c1-16(2)21(18,19)7-3-4-9(12)8(5-7)10(17)14-11-15-13-6-20-11/h3-6H,1-2H3,(H,14,15,17). The van der Waals surface area contributed by atoms with Gasteiger partial charge in [0, 0.05) is 14.1 Å². The maximum atomic E-state index is 13.7. The number of nitrogens with one attached hydrogen (secondary N) is 1. The Hall–Kier alpha value is -1.91. The predicted molar refractivity (Wildman–Crippen MR) is 75.1 cm³/mol. The lowest BCUT2D eigenvalue weighted by Crippen LogP contribution is -2.23. The fourth-order valence-electron chi connectivity index (χ4n) is 1.44. The quantitative estimate of drug-likeness (QED) is 0.909. The van der Waals surface area contributed by atoms with Crippen LogP contribution >= 0.6 is 11.3 Å².